The van der Waals surface area contributed by atoms with E-state index in [2.05, 4.69) is 172 Å². The summed E-state index contributed by atoms with van der Waals surface area (Å²) in [4.78, 5) is 10.8. The molecule has 0 spiro atoms. The number of rotatable bonds is 3. The molecule has 0 aliphatic heterocycles. The van der Waals surface area contributed by atoms with Crippen LogP contribution >= 0.6 is 0 Å². The molecule has 2 aromatic heterocycles. The summed E-state index contributed by atoms with van der Waals surface area (Å²) in [7, 11) is 0. The van der Waals surface area contributed by atoms with E-state index in [9.17, 15) is 0 Å². The zero-order valence-corrected chi connectivity index (χ0v) is 28.1. The van der Waals surface area contributed by atoms with Crippen LogP contribution in [-0.4, -0.2) is 14.5 Å². The van der Waals surface area contributed by atoms with Gasteiger partial charge in [-0.05, 0) is 51.1 Å². The minimum atomic E-state index is -0.202. The summed E-state index contributed by atoms with van der Waals surface area (Å²) in [5, 5.41) is 2.51. The molecule has 49 heavy (non-hydrogen) atoms. The molecule has 8 aromatic rings. The van der Waals surface area contributed by atoms with Gasteiger partial charge in [0.05, 0.1) is 22.4 Å². The highest BCUT2D eigenvalue weighted by Crippen LogP contribution is 2.63. The first-order valence-corrected chi connectivity index (χ1v) is 17.2. The Balaban J connectivity index is 1.44. The molecule has 2 aliphatic rings. The Hall–Kier alpha value is -5.80. The SMILES string of the molecule is CC1(C)c2ccccc2-c2c1c1c(c3c2c2ccccc2n3-c2nc(-c3ccccc3)cc(-c3ccccc3)n2)-c2ccccc2C1(C)C. The molecule has 2 aliphatic carbocycles. The third kappa shape index (κ3) is 3.73. The van der Waals surface area contributed by atoms with E-state index in [1.165, 1.54) is 60.8 Å². The second-order valence-electron chi connectivity index (χ2n) is 14.6. The van der Waals surface area contributed by atoms with Crippen LogP contribution in [0, 0.1) is 0 Å². The molecule has 3 nitrogen and oxygen atoms in total. The van der Waals surface area contributed by atoms with Gasteiger partial charge in [0.1, 0.15) is 0 Å². The maximum Gasteiger partial charge on any atom is 0.235 e. The summed E-state index contributed by atoms with van der Waals surface area (Å²) in [6.07, 6.45) is 0. The number of hydrogen-bond acceptors (Lipinski definition) is 2. The number of nitrogens with zero attached hydrogens (tertiary/aromatic N) is 3. The van der Waals surface area contributed by atoms with Crippen LogP contribution in [0.1, 0.15) is 49.9 Å². The number of hydrogen-bond donors (Lipinski definition) is 0. The number of para-hydroxylation sites is 1. The monoisotopic (exact) mass is 629 g/mol. The second kappa shape index (κ2) is 9.87. The minimum absolute atomic E-state index is 0.170. The summed E-state index contributed by atoms with van der Waals surface area (Å²) < 4.78 is 2.37. The molecule has 0 saturated carbocycles. The lowest BCUT2D eigenvalue weighted by molar-refractivity contribution is 0.602. The normalized spacial score (nSPS) is 14.9. The van der Waals surface area contributed by atoms with Crippen molar-refractivity contribution in [3.63, 3.8) is 0 Å². The summed E-state index contributed by atoms with van der Waals surface area (Å²) in [6.45, 7) is 9.66. The largest absolute Gasteiger partial charge is 0.277 e. The van der Waals surface area contributed by atoms with Crippen LogP contribution in [0.3, 0.4) is 0 Å². The zero-order chi connectivity index (χ0) is 33.1. The van der Waals surface area contributed by atoms with Gasteiger partial charge in [-0.15, -0.1) is 0 Å². The molecule has 2 heterocycles. The number of benzene rings is 6. The molecule has 10 rings (SSSR count). The molecule has 0 atom stereocenters. The van der Waals surface area contributed by atoms with Crippen molar-refractivity contribution in [3.05, 3.63) is 162 Å². The number of aromatic nitrogens is 3. The van der Waals surface area contributed by atoms with E-state index in [1.54, 1.807) is 0 Å². The van der Waals surface area contributed by atoms with Crippen molar-refractivity contribution in [2.75, 3.05) is 0 Å². The topological polar surface area (TPSA) is 30.7 Å². The maximum atomic E-state index is 5.41. The zero-order valence-electron chi connectivity index (χ0n) is 28.1. The third-order valence-corrected chi connectivity index (χ3v) is 11.2. The fourth-order valence-electron chi connectivity index (χ4n) is 9.02. The smallest absolute Gasteiger partial charge is 0.235 e. The highest BCUT2D eigenvalue weighted by atomic mass is 15.2. The molecule has 234 valence electrons. The highest BCUT2D eigenvalue weighted by molar-refractivity contribution is 6.23. The summed E-state index contributed by atoms with van der Waals surface area (Å²) in [6, 6.07) is 50.0. The van der Waals surface area contributed by atoms with Crippen LogP contribution in [0.5, 0.6) is 0 Å². The van der Waals surface area contributed by atoms with Crippen molar-refractivity contribution >= 4 is 21.8 Å². The predicted molar refractivity (Wildman–Crippen MR) is 202 cm³/mol. The van der Waals surface area contributed by atoms with Crippen molar-refractivity contribution in [1.82, 2.24) is 14.5 Å². The van der Waals surface area contributed by atoms with Gasteiger partial charge in [0.2, 0.25) is 5.95 Å². The molecule has 3 heteroatoms. The van der Waals surface area contributed by atoms with Gasteiger partial charge in [-0.1, -0.05) is 155 Å². The van der Waals surface area contributed by atoms with Gasteiger partial charge in [-0.2, -0.15) is 0 Å². The van der Waals surface area contributed by atoms with E-state index >= 15 is 0 Å². The minimum Gasteiger partial charge on any atom is -0.277 e. The molecule has 0 unspecified atom stereocenters. The first-order chi connectivity index (χ1) is 23.9. The first kappa shape index (κ1) is 28.2. The lowest BCUT2D eigenvalue weighted by atomic mass is 9.72. The number of fused-ring (bicyclic) bond motifs is 12. The van der Waals surface area contributed by atoms with E-state index in [1.807, 2.05) is 0 Å². The Morgan fingerprint density at radius 2 is 0.959 bits per heavy atom. The van der Waals surface area contributed by atoms with Crippen molar-refractivity contribution in [3.8, 4) is 50.7 Å². The summed E-state index contributed by atoms with van der Waals surface area (Å²) in [5.74, 6) is 0.682. The Morgan fingerprint density at radius 1 is 0.490 bits per heavy atom. The predicted octanol–water partition coefficient (Wildman–Crippen LogP) is 11.5. The van der Waals surface area contributed by atoms with Gasteiger partial charge in [0.15, 0.2) is 0 Å². The van der Waals surface area contributed by atoms with Gasteiger partial charge < -0.3 is 0 Å². The van der Waals surface area contributed by atoms with E-state index in [4.69, 9.17) is 9.97 Å². The summed E-state index contributed by atoms with van der Waals surface area (Å²) >= 11 is 0. The van der Waals surface area contributed by atoms with Gasteiger partial charge in [0.25, 0.3) is 0 Å². The van der Waals surface area contributed by atoms with Gasteiger partial charge >= 0.3 is 0 Å². The molecule has 0 radical (unpaired) electrons. The van der Waals surface area contributed by atoms with Crippen LogP contribution in [-0.2, 0) is 10.8 Å². The van der Waals surface area contributed by atoms with E-state index in [0.717, 1.165) is 28.0 Å². The lowest BCUT2D eigenvalue weighted by Crippen LogP contribution is -2.24. The average molecular weight is 630 g/mol. The first-order valence-electron chi connectivity index (χ1n) is 17.2. The molecule has 6 aromatic carbocycles. The van der Waals surface area contributed by atoms with Crippen molar-refractivity contribution < 1.29 is 0 Å². The lowest BCUT2D eigenvalue weighted by Gasteiger charge is -2.31. The van der Waals surface area contributed by atoms with E-state index in [-0.39, 0.29) is 10.8 Å². The fraction of sp³-hybridized carbons (Fsp3) is 0.130. The molecular weight excluding hydrogens is 595 g/mol. The Kier molecular flexibility index (Phi) is 5.69. The quantitative estimate of drug-likeness (QED) is 0.195. The molecule has 0 saturated heterocycles. The van der Waals surface area contributed by atoms with Gasteiger partial charge in [-0.25, -0.2) is 9.97 Å². The van der Waals surface area contributed by atoms with Gasteiger partial charge in [0, 0.05) is 38.3 Å². The van der Waals surface area contributed by atoms with Crippen LogP contribution in [0.2, 0.25) is 0 Å². The molecule has 0 fully saturated rings. The Morgan fingerprint density at radius 3 is 1.55 bits per heavy atom. The standard InChI is InChI=1S/C46H35N3/c1-45(2)33-24-14-11-21-30(33)38-39-32-23-13-16-26-37(32)49(43(39)40-31-22-12-15-25-34(31)46(3,4)42(40)41(38)45)44-47-35(28-17-7-5-8-18-28)27-36(48-44)29-19-9-6-10-20-29/h5-27H,1-4H3. The molecular formula is C46H35N3. The molecule has 0 bridgehead atoms. The fourth-order valence-corrected chi connectivity index (χ4v) is 9.02. The van der Waals surface area contributed by atoms with Crippen LogP contribution < -0.4 is 0 Å². The third-order valence-electron chi connectivity index (χ3n) is 11.2. The van der Waals surface area contributed by atoms with Crippen LogP contribution in [0.25, 0.3) is 72.5 Å². The molecule has 0 N–H and O–H groups in total. The summed E-state index contributed by atoms with van der Waals surface area (Å²) in [5.41, 5.74) is 16.8. The Bertz CT molecular complexity index is 2580. The highest BCUT2D eigenvalue weighted by Gasteiger charge is 2.48. The Labute approximate surface area is 286 Å². The molecule has 0 amide bonds. The second-order valence-corrected chi connectivity index (χ2v) is 14.6. The van der Waals surface area contributed by atoms with E-state index in [0.29, 0.717) is 5.95 Å². The van der Waals surface area contributed by atoms with Gasteiger partial charge in [-0.3, -0.25) is 4.57 Å². The van der Waals surface area contributed by atoms with Crippen molar-refractivity contribution in [2.24, 2.45) is 0 Å². The maximum absolute atomic E-state index is 5.41. The van der Waals surface area contributed by atoms with Crippen molar-refractivity contribution in [2.45, 2.75) is 38.5 Å². The van der Waals surface area contributed by atoms with E-state index < -0.39 is 0 Å². The van der Waals surface area contributed by atoms with Crippen molar-refractivity contribution in [1.29, 1.82) is 0 Å². The van der Waals surface area contributed by atoms with Crippen LogP contribution in [0.15, 0.2) is 140 Å². The van der Waals surface area contributed by atoms with Crippen LogP contribution in [0.4, 0.5) is 0 Å². The average Bonchev–Trinajstić information content (AvgIpc) is 3.69.